The molecule has 1 aliphatic heterocycles. The van der Waals surface area contributed by atoms with Crippen LogP contribution in [0, 0.1) is 6.92 Å². The SMILES string of the molecule is Cc1ccc(CCNNC(=O)[C@@]2(Cc3ccccc3)N=C(c3ccc(OCCCO)cc3)O[C@H]2C)cc1. The number of nitrogens with one attached hydrogen (secondary N) is 2. The van der Waals surface area contributed by atoms with Crippen molar-refractivity contribution in [3.63, 3.8) is 0 Å². The number of hydrogen-bond donors (Lipinski definition) is 3. The number of hydrazine groups is 1. The molecule has 194 valence electrons. The van der Waals surface area contributed by atoms with Crippen molar-refractivity contribution in [3.8, 4) is 5.75 Å². The molecular formula is C30H35N3O4. The summed E-state index contributed by atoms with van der Waals surface area (Å²) in [4.78, 5) is 18.5. The molecule has 0 unspecified atom stereocenters. The summed E-state index contributed by atoms with van der Waals surface area (Å²) in [5, 5.41) is 8.94. The molecule has 0 fully saturated rings. The molecule has 1 aliphatic rings. The van der Waals surface area contributed by atoms with E-state index in [0.29, 0.717) is 37.6 Å². The Bertz CT molecular complexity index is 1180. The summed E-state index contributed by atoms with van der Waals surface area (Å²) < 4.78 is 11.8. The van der Waals surface area contributed by atoms with E-state index in [-0.39, 0.29) is 12.5 Å². The van der Waals surface area contributed by atoms with Crippen LogP contribution in [0.2, 0.25) is 0 Å². The number of aliphatic imine (C=N–C) groups is 1. The van der Waals surface area contributed by atoms with Gasteiger partial charge in [-0.3, -0.25) is 10.2 Å². The quantitative estimate of drug-likeness (QED) is 0.260. The second kappa shape index (κ2) is 12.5. The summed E-state index contributed by atoms with van der Waals surface area (Å²) in [5.41, 5.74) is 9.06. The van der Waals surface area contributed by atoms with Crippen LogP contribution >= 0.6 is 0 Å². The van der Waals surface area contributed by atoms with Crippen molar-refractivity contribution in [2.24, 2.45) is 4.99 Å². The Kier molecular flexibility index (Phi) is 8.93. The molecule has 2 atom stereocenters. The summed E-state index contributed by atoms with van der Waals surface area (Å²) in [6.45, 7) is 5.08. The van der Waals surface area contributed by atoms with Gasteiger partial charge >= 0.3 is 0 Å². The van der Waals surface area contributed by atoms with Gasteiger partial charge in [-0.25, -0.2) is 10.4 Å². The van der Waals surface area contributed by atoms with Gasteiger partial charge in [0.2, 0.25) is 5.90 Å². The molecular weight excluding hydrogens is 466 g/mol. The minimum atomic E-state index is -1.12. The Morgan fingerprint density at radius 3 is 2.46 bits per heavy atom. The number of ether oxygens (including phenoxy) is 2. The molecule has 1 heterocycles. The van der Waals surface area contributed by atoms with Crippen molar-refractivity contribution in [1.29, 1.82) is 0 Å². The van der Waals surface area contributed by atoms with Crippen molar-refractivity contribution in [2.75, 3.05) is 19.8 Å². The Morgan fingerprint density at radius 1 is 1.03 bits per heavy atom. The number of amides is 1. The van der Waals surface area contributed by atoms with Gasteiger partial charge in [0.15, 0.2) is 5.54 Å². The van der Waals surface area contributed by atoms with Crippen LogP contribution in [0.1, 0.15) is 35.6 Å². The van der Waals surface area contributed by atoms with Gasteiger partial charge in [0.05, 0.1) is 6.61 Å². The number of rotatable bonds is 12. The topological polar surface area (TPSA) is 92.2 Å². The molecule has 0 saturated carbocycles. The van der Waals surface area contributed by atoms with E-state index in [4.69, 9.17) is 19.6 Å². The molecule has 3 N–H and O–H groups in total. The second-order valence-electron chi connectivity index (χ2n) is 9.33. The molecule has 0 aliphatic carbocycles. The van der Waals surface area contributed by atoms with Crippen molar-refractivity contribution in [1.82, 2.24) is 10.9 Å². The van der Waals surface area contributed by atoms with Gasteiger partial charge in [-0.2, -0.15) is 0 Å². The number of nitrogens with zero attached hydrogens (tertiary/aromatic N) is 1. The Hall–Kier alpha value is -3.68. The predicted molar refractivity (Wildman–Crippen MR) is 145 cm³/mol. The summed E-state index contributed by atoms with van der Waals surface area (Å²) in [7, 11) is 0. The van der Waals surface area contributed by atoms with Gasteiger partial charge in [0.25, 0.3) is 5.91 Å². The fourth-order valence-corrected chi connectivity index (χ4v) is 4.26. The molecule has 0 spiro atoms. The third-order valence-electron chi connectivity index (χ3n) is 6.51. The predicted octanol–water partition coefficient (Wildman–Crippen LogP) is 3.77. The first-order chi connectivity index (χ1) is 18.0. The Balaban J connectivity index is 1.49. The van der Waals surface area contributed by atoms with Crippen molar-refractivity contribution in [3.05, 3.63) is 101 Å². The average Bonchev–Trinajstić information content (AvgIpc) is 3.25. The monoisotopic (exact) mass is 501 g/mol. The van der Waals surface area contributed by atoms with E-state index in [1.165, 1.54) is 11.1 Å². The third-order valence-corrected chi connectivity index (χ3v) is 6.51. The minimum absolute atomic E-state index is 0.0903. The van der Waals surface area contributed by atoms with Gasteiger partial charge in [-0.15, -0.1) is 0 Å². The van der Waals surface area contributed by atoms with E-state index in [1.54, 1.807) is 0 Å². The van der Waals surface area contributed by atoms with Crippen LogP contribution in [0.3, 0.4) is 0 Å². The highest BCUT2D eigenvalue weighted by molar-refractivity contribution is 6.00. The summed E-state index contributed by atoms with van der Waals surface area (Å²) in [5.74, 6) is 0.904. The van der Waals surface area contributed by atoms with Crippen molar-refractivity contribution >= 4 is 11.8 Å². The molecule has 4 rings (SSSR count). The van der Waals surface area contributed by atoms with Crippen molar-refractivity contribution < 1.29 is 19.4 Å². The molecule has 7 heteroatoms. The number of aryl methyl sites for hydroxylation is 1. The van der Waals surface area contributed by atoms with Gasteiger partial charge < -0.3 is 14.6 Å². The first kappa shape index (κ1) is 26.4. The van der Waals surface area contributed by atoms with E-state index < -0.39 is 11.6 Å². The molecule has 0 saturated heterocycles. The maximum absolute atomic E-state index is 13.6. The Morgan fingerprint density at radius 2 is 1.76 bits per heavy atom. The zero-order valence-electron chi connectivity index (χ0n) is 21.4. The maximum Gasteiger partial charge on any atom is 0.266 e. The van der Waals surface area contributed by atoms with E-state index >= 15 is 0 Å². The van der Waals surface area contributed by atoms with Gasteiger partial charge in [-0.05, 0) is 55.7 Å². The number of aliphatic hydroxyl groups excluding tert-OH is 1. The highest BCUT2D eigenvalue weighted by Gasteiger charge is 2.50. The largest absolute Gasteiger partial charge is 0.494 e. The highest BCUT2D eigenvalue weighted by Crippen LogP contribution is 2.32. The van der Waals surface area contributed by atoms with Crippen LogP contribution < -0.4 is 15.6 Å². The van der Waals surface area contributed by atoms with E-state index in [9.17, 15) is 4.79 Å². The number of hydrogen-bond acceptors (Lipinski definition) is 6. The van der Waals surface area contributed by atoms with Crippen LogP contribution in [-0.4, -0.2) is 48.3 Å². The molecule has 3 aromatic carbocycles. The van der Waals surface area contributed by atoms with Gasteiger partial charge in [0, 0.05) is 31.6 Å². The zero-order chi connectivity index (χ0) is 26.1. The van der Waals surface area contributed by atoms with E-state index in [0.717, 1.165) is 17.5 Å². The molecule has 0 aromatic heterocycles. The van der Waals surface area contributed by atoms with Crippen LogP contribution in [-0.2, 0) is 22.4 Å². The van der Waals surface area contributed by atoms with Crippen LogP contribution in [0.15, 0.2) is 83.9 Å². The van der Waals surface area contributed by atoms with Gasteiger partial charge in [-0.1, -0.05) is 60.2 Å². The number of carbonyl (C=O) groups excluding carboxylic acids is 1. The molecule has 0 radical (unpaired) electrons. The number of carbonyl (C=O) groups is 1. The summed E-state index contributed by atoms with van der Waals surface area (Å²) in [6.07, 6.45) is 1.30. The first-order valence-corrected chi connectivity index (χ1v) is 12.7. The lowest BCUT2D eigenvalue weighted by molar-refractivity contribution is -0.129. The lowest BCUT2D eigenvalue weighted by Crippen LogP contribution is -2.56. The smallest absolute Gasteiger partial charge is 0.266 e. The summed E-state index contributed by atoms with van der Waals surface area (Å²) >= 11 is 0. The molecule has 1 amide bonds. The molecule has 0 bridgehead atoms. The third kappa shape index (κ3) is 6.76. The van der Waals surface area contributed by atoms with Crippen LogP contribution in [0.5, 0.6) is 5.75 Å². The first-order valence-electron chi connectivity index (χ1n) is 12.7. The fourth-order valence-electron chi connectivity index (χ4n) is 4.26. The lowest BCUT2D eigenvalue weighted by atomic mass is 9.86. The zero-order valence-corrected chi connectivity index (χ0v) is 21.4. The molecule has 37 heavy (non-hydrogen) atoms. The molecule has 3 aromatic rings. The lowest BCUT2D eigenvalue weighted by Gasteiger charge is -2.28. The van der Waals surface area contributed by atoms with E-state index in [2.05, 4.69) is 42.0 Å². The summed E-state index contributed by atoms with van der Waals surface area (Å²) in [6, 6.07) is 25.7. The normalized spacial score (nSPS) is 18.7. The highest BCUT2D eigenvalue weighted by atomic mass is 16.5. The maximum atomic E-state index is 13.6. The van der Waals surface area contributed by atoms with Crippen LogP contribution in [0.25, 0.3) is 0 Å². The second-order valence-corrected chi connectivity index (χ2v) is 9.33. The number of aliphatic hydroxyl groups is 1. The minimum Gasteiger partial charge on any atom is -0.494 e. The Labute approximate surface area is 218 Å². The van der Waals surface area contributed by atoms with E-state index in [1.807, 2.05) is 61.5 Å². The molecule has 7 nitrogen and oxygen atoms in total. The fraction of sp³-hybridized carbons (Fsp3) is 0.333. The van der Waals surface area contributed by atoms with Crippen LogP contribution in [0.4, 0.5) is 0 Å². The van der Waals surface area contributed by atoms with Crippen molar-refractivity contribution in [2.45, 2.75) is 44.8 Å². The van der Waals surface area contributed by atoms with Gasteiger partial charge in [0.1, 0.15) is 11.9 Å². The standard InChI is InChI=1S/C30H35N3O4/c1-22-9-11-24(12-10-22)17-18-31-33-29(35)30(21-25-7-4-3-5-8-25)23(2)37-28(32-30)26-13-15-27(16-14-26)36-20-6-19-34/h3-5,7-16,23,31,34H,6,17-21H2,1-2H3,(H,33,35)/t23-,30-/m0/s1. The number of benzene rings is 3. The average molecular weight is 502 g/mol.